The van der Waals surface area contributed by atoms with Gasteiger partial charge in [0.1, 0.15) is 18.1 Å². The van der Waals surface area contributed by atoms with Crippen molar-refractivity contribution in [1.82, 2.24) is 15.5 Å². The van der Waals surface area contributed by atoms with Crippen LogP contribution in [0.15, 0.2) is 0 Å². The minimum Gasteiger partial charge on any atom is -0.481 e. The van der Waals surface area contributed by atoms with Crippen LogP contribution in [-0.2, 0) is 24.0 Å². The molecule has 4 unspecified atom stereocenters. The third kappa shape index (κ3) is 7.82. The number of carbonyl (C=O) groups is 5. The summed E-state index contributed by atoms with van der Waals surface area (Å²) in [5, 5.41) is 23.4. The monoisotopic (exact) mass is 442 g/mol. The molecule has 11 nitrogen and oxygen atoms in total. The summed E-state index contributed by atoms with van der Waals surface area (Å²) in [4.78, 5) is 62.0. The number of aliphatic carboxylic acids is 2. The van der Waals surface area contributed by atoms with Gasteiger partial charge in [0.05, 0.1) is 12.5 Å². The van der Waals surface area contributed by atoms with Gasteiger partial charge < -0.3 is 31.5 Å². The number of nitrogens with zero attached hydrogens (tertiary/aromatic N) is 1. The number of hydrogen-bond donors (Lipinski definition) is 5. The standard InChI is InChI=1S/C20H34N4O7/c1-10(2)8-13(19(29)24-7-5-6-14(24)20(30)31)23-17(27)12(9-15(25)26)22-18(28)16(21)11(3)4/h10-14,16H,5-9,21H2,1-4H3,(H,22,28)(H,23,27)(H,25,26)(H,30,31). The summed E-state index contributed by atoms with van der Waals surface area (Å²) in [6, 6.07) is -4.36. The van der Waals surface area contributed by atoms with Crippen molar-refractivity contribution in [3.05, 3.63) is 0 Å². The van der Waals surface area contributed by atoms with E-state index < -0.39 is 60.2 Å². The maximum absolute atomic E-state index is 13.0. The molecule has 3 amide bonds. The highest BCUT2D eigenvalue weighted by atomic mass is 16.4. The van der Waals surface area contributed by atoms with E-state index in [1.54, 1.807) is 13.8 Å². The van der Waals surface area contributed by atoms with Crippen molar-refractivity contribution in [2.75, 3.05) is 6.54 Å². The maximum atomic E-state index is 13.0. The summed E-state index contributed by atoms with van der Waals surface area (Å²) in [7, 11) is 0. The van der Waals surface area contributed by atoms with E-state index in [4.69, 9.17) is 10.8 Å². The SMILES string of the molecule is CC(C)CC(NC(=O)C(CC(=O)O)NC(=O)C(N)C(C)C)C(=O)N1CCCC1C(=O)O. The van der Waals surface area contributed by atoms with Crippen LogP contribution in [0.3, 0.4) is 0 Å². The quantitative estimate of drug-likeness (QED) is 0.285. The summed E-state index contributed by atoms with van der Waals surface area (Å²) in [5.41, 5.74) is 5.77. The minimum atomic E-state index is -1.42. The van der Waals surface area contributed by atoms with Gasteiger partial charge in [-0.05, 0) is 31.1 Å². The summed E-state index contributed by atoms with van der Waals surface area (Å²) < 4.78 is 0. The minimum absolute atomic E-state index is 0.0120. The molecule has 0 aromatic heterocycles. The van der Waals surface area contributed by atoms with E-state index in [0.29, 0.717) is 12.8 Å². The van der Waals surface area contributed by atoms with E-state index in [0.717, 1.165) is 0 Å². The van der Waals surface area contributed by atoms with Crippen molar-refractivity contribution >= 4 is 29.7 Å². The third-order valence-corrected chi connectivity index (χ3v) is 5.18. The largest absolute Gasteiger partial charge is 0.481 e. The van der Waals surface area contributed by atoms with Gasteiger partial charge in [0.25, 0.3) is 0 Å². The van der Waals surface area contributed by atoms with Gasteiger partial charge in [-0.3, -0.25) is 19.2 Å². The molecule has 1 aliphatic rings. The second-order valence-corrected chi connectivity index (χ2v) is 8.65. The van der Waals surface area contributed by atoms with E-state index in [1.165, 1.54) is 4.90 Å². The zero-order valence-electron chi connectivity index (χ0n) is 18.5. The molecular formula is C20H34N4O7. The number of carboxylic acid groups (broad SMARTS) is 2. The van der Waals surface area contributed by atoms with Crippen LogP contribution >= 0.6 is 0 Å². The van der Waals surface area contributed by atoms with Crippen LogP contribution in [-0.4, -0.2) is 75.5 Å². The Morgan fingerprint density at radius 3 is 2.06 bits per heavy atom. The first-order chi connectivity index (χ1) is 14.3. The highest BCUT2D eigenvalue weighted by molar-refractivity contribution is 5.95. The Balaban J connectivity index is 3.02. The molecule has 1 fully saturated rings. The highest BCUT2D eigenvalue weighted by Crippen LogP contribution is 2.20. The average molecular weight is 443 g/mol. The van der Waals surface area contributed by atoms with Gasteiger partial charge in [-0.2, -0.15) is 0 Å². The van der Waals surface area contributed by atoms with E-state index in [-0.39, 0.29) is 24.8 Å². The molecule has 6 N–H and O–H groups in total. The molecule has 31 heavy (non-hydrogen) atoms. The van der Waals surface area contributed by atoms with E-state index in [2.05, 4.69) is 10.6 Å². The molecular weight excluding hydrogens is 408 g/mol. The number of rotatable bonds is 11. The van der Waals surface area contributed by atoms with E-state index in [9.17, 15) is 29.1 Å². The first kappa shape index (κ1) is 26.3. The predicted molar refractivity (Wildman–Crippen MR) is 111 cm³/mol. The number of nitrogens with one attached hydrogen (secondary N) is 2. The van der Waals surface area contributed by atoms with Gasteiger partial charge >= 0.3 is 11.9 Å². The fourth-order valence-corrected chi connectivity index (χ4v) is 3.41. The fraction of sp³-hybridized carbons (Fsp3) is 0.750. The van der Waals surface area contributed by atoms with Crippen LogP contribution in [0.25, 0.3) is 0 Å². The normalized spacial score (nSPS) is 19.1. The van der Waals surface area contributed by atoms with Crippen LogP contribution in [0.1, 0.15) is 53.4 Å². The van der Waals surface area contributed by atoms with Gasteiger partial charge in [0.2, 0.25) is 17.7 Å². The van der Waals surface area contributed by atoms with Gasteiger partial charge in [0, 0.05) is 6.54 Å². The summed E-state index contributed by atoms with van der Waals surface area (Å²) >= 11 is 0. The molecule has 0 aliphatic carbocycles. The lowest BCUT2D eigenvalue weighted by molar-refractivity contribution is -0.150. The topological polar surface area (TPSA) is 179 Å². The number of nitrogens with two attached hydrogens (primary N) is 1. The molecule has 176 valence electrons. The summed E-state index contributed by atoms with van der Waals surface area (Å²) in [6.07, 6.45) is 0.406. The zero-order valence-corrected chi connectivity index (χ0v) is 18.5. The average Bonchev–Trinajstić information content (AvgIpc) is 3.14. The molecule has 1 saturated heterocycles. The zero-order chi connectivity index (χ0) is 23.9. The second-order valence-electron chi connectivity index (χ2n) is 8.65. The second kappa shape index (κ2) is 11.6. The molecule has 0 aromatic rings. The third-order valence-electron chi connectivity index (χ3n) is 5.18. The molecule has 0 aromatic carbocycles. The Morgan fingerprint density at radius 1 is 1.00 bits per heavy atom. The van der Waals surface area contributed by atoms with Crippen LogP contribution < -0.4 is 16.4 Å². The number of carboxylic acids is 2. The van der Waals surface area contributed by atoms with Gasteiger partial charge in [-0.1, -0.05) is 27.7 Å². The number of likely N-dealkylation sites (tertiary alicyclic amines) is 1. The Bertz CT molecular complexity index is 695. The Labute approximate surface area is 181 Å². The number of hydrogen-bond acceptors (Lipinski definition) is 6. The first-order valence-corrected chi connectivity index (χ1v) is 10.5. The van der Waals surface area contributed by atoms with Crippen molar-refractivity contribution < 1.29 is 34.2 Å². The van der Waals surface area contributed by atoms with Gasteiger partial charge in [-0.15, -0.1) is 0 Å². The Morgan fingerprint density at radius 2 is 1.58 bits per heavy atom. The fourth-order valence-electron chi connectivity index (χ4n) is 3.41. The maximum Gasteiger partial charge on any atom is 0.326 e. The first-order valence-electron chi connectivity index (χ1n) is 10.5. The van der Waals surface area contributed by atoms with Gasteiger partial charge in [-0.25, -0.2) is 4.79 Å². The van der Waals surface area contributed by atoms with Crippen molar-refractivity contribution in [1.29, 1.82) is 0 Å². The van der Waals surface area contributed by atoms with Crippen molar-refractivity contribution in [2.45, 2.75) is 77.5 Å². The van der Waals surface area contributed by atoms with Crippen LogP contribution in [0.5, 0.6) is 0 Å². The number of amides is 3. The molecule has 1 heterocycles. The molecule has 1 rings (SSSR count). The lowest BCUT2D eigenvalue weighted by Crippen LogP contribution is -2.58. The van der Waals surface area contributed by atoms with Crippen LogP contribution in [0.2, 0.25) is 0 Å². The smallest absolute Gasteiger partial charge is 0.326 e. The Kier molecular flexibility index (Phi) is 9.89. The predicted octanol–water partition coefficient (Wildman–Crippen LogP) is -0.464. The van der Waals surface area contributed by atoms with E-state index in [1.807, 2.05) is 13.8 Å². The lowest BCUT2D eigenvalue weighted by Gasteiger charge is -2.29. The van der Waals surface area contributed by atoms with Crippen LogP contribution in [0, 0.1) is 11.8 Å². The van der Waals surface area contributed by atoms with Crippen molar-refractivity contribution in [3.63, 3.8) is 0 Å². The van der Waals surface area contributed by atoms with Gasteiger partial charge in [0.15, 0.2) is 0 Å². The van der Waals surface area contributed by atoms with E-state index >= 15 is 0 Å². The molecule has 0 bridgehead atoms. The molecule has 1 aliphatic heterocycles. The molecule has 11 heteroatoms. The molecule has 0 saturated carbocycles. The molecule has 0 spiro atoms. The number of carbonyl (C=O) groups excluding carboxylic acids is 3. The highest BCUT2D eigenvalue weighted by Gasteiger charge is 2.38. The van der Waals surface area contributed by atoms with Crippen LogP contribution in [0.4, 0.5) is 0 Å². The van der Waals surface area contributed by atoms with Crippen molar-refractivity contribution in [3.8, 4) is 0 Å². The summed E-state index contributed by atoms with van der Waals surface area (Å²) in [6.45, 7) is 7.36. The lowest BCUT2D eigenvalue weighted by atomic mass is 10.0. The summed E-state index contributed by atoms with van der Waals surface area (Å²) in [5.74, 6) is -4.71. The van der Waals surface area contributed by atoms with Crippen molar-refractivity contribution in [2.24, 2.45) is 17.6 Å². The molecule has 4 atom stereocenters. The molecule has 0 radical (unpaired) electrons. The Hall–Kier alpha value is -2.69.